The Labute approximate surface area is 210 Å². The second-order valence-electron chi connectivity index (χ2n) is 7.66. The number of carbonyl (C=O) groups excluding carboxylic acids is 2. The lowest BCUT2D eigenvalue weighted by molar-refractivity contribution is 0.248. The third-order valence-corrected chi connectivity index (χ3v) is 5.56. The van der Waals surface area contributed by atoms with E-state index in [1.54, 1.807) is 42.7 Å². The smallest absolute Gasteiger partial charge is 0.320 e. The molecule has 0 aliphatic carbocycles. The number of fused-ring (bicyclic) bond motifs is 1. The Morgan fingerprint density at radius 2 is 1.40 bits per heavy atom. The third-order valence-electron chi connectivity index (χ3n) is 5.12. The Kier molecular flexibility index (Phi) is 7.28. The largest absolute Gasteiger partial charge is 0.331 e. The third kappa shape index (κ3) is 6.14. The van der Waals surface area contributed by atoms with Crippen LogP contribution in [0.1, 0.15) is 37.1 Å². The van der Waals surface area contributed by atoms with Crippen molar-refractivity contribution in [3.63, 3.8) is 0 Å². The van der Waals surface area contributed by atoms with E-state index in [1.165, 1.54) is 6.20 Å². The second-order valence-corrected chi connectivity index (χ2v) is 8.43. The lowest BCUT2D eigenvalue weighted by atomic mass is 10.1. The number of anilines is 2. The number of aromatic amines is 1. The van der Waals surface area contributed by atoms with Gasteiger partial charge < -0.3 is 10.6 Å². The maximum absolute atomic E-state index is 12.4. The van der Waals surface area contributed by atoms with E-state index in [9.17, 15) is 9.59 Å². The van der Waals surface area contributed by atoms with E-state index in [-0.39, 0.29) is 12.1 Å². The summed E-state index contributed by atoms with van der Waals surface area (Å²) < 4.78 is 0. The van der Waals surface area contributed by atoms with Crippen LogP contribution < -0.4 is 21.3 Å². The van der Waals surface area contributed by atoms with Crippen molar-refractivity contribution in [1.29, 1.82) is 0 Å². The highest BCUT2D eigenvalue weighted by Crippen LogP contribution is 2.22. The van der Waals surface area contributed by atoms with Crippen molar-refractivity contribution in [3.8, 4) is 0 Å². The summed E-state index contributed by atoms with van der Waals surface area (Å²) in [5.41, 5.74) is 2.18. The quantitative estimate of drug-likeness (QED) is 0.233. The van der Waals surface area contributed by atoms with Crippen LogP contribution in [0.5, 0.6) is 0 Å². The van der Waals surface area contributed by atoms with E-state index in [2.05, 4.69) is 46.4 Å². The second kappa shape index (κ2) is 10.5. The van der Waals surface area contributed by atoms with Gasteiger partial charge in [0.05, 0.1) is 23.0 Å². The summed E-state index contributed by atoms with van der Waals surface area (Å²) in [6.45, 7) is 3.64. The minimum Gasteiger partial charge on any atom is -0.331 e. The lowest BCUT2D eigenvalue weighted by Gasteiger charge is -2.14. The number of H-pyrrole nitrogens is 1. The molecular weight excluding hydrogens is 493 g/mol. The average Bonchev–Trinajstić information content (AvgIpc) is 3.21. The number of hydrogen-bond acceptors (Lipinski definition) is 6. The summed E-state index contributed by atoms with van der Waals surface area (Å²) in [4.78, 5) is 37.1. The molecule has 180 valence electrons. The molecule has 0 saturated heterocycles. The summed E-state index contributed by atoms with van der Waals surface area (Å²) in [6, 6.07) is 7.00. The molecule has 5 N–H and O–H groups in total. The highest BCUT2D eigenvalue weighted by atomic mass is 35.5. The maximum Gasteiger partial charge on any atom is 0.320 e. The first-order valence-corrected chi connectivity index (χ1v) is 11.3. The van der Waals surface area contributed by atoms with Gasteiger partial charge in [-0.2, -0.15) is 5.10 Å². The molecule has 0 spiro atoms. The van der Waals surface area contributed by atoms with Crippen molar-refractivity contribution in [2.75, 3.05) is 10.6 Å². The van der Waals surface area contributed by atoms with Gasteiger partial charge in [-0.25, -0.2) is 24.5 Å². The highest BCUT2D eigenvalue weighted by Gasteiger charge is 2.15. The molecule has 0 radical (unpaired) electrons. The molecule has 0 aliphatic rings. The minimum atomic E-state index is -0.451. The number of aromatic nitrogens is 5. The molecule has 4 aromatic heterocycles. The molecule has 0 aliphatic heterocycles. The fraction of sp³-hybridized carbons (Fsp3) is 0.182. The molecule has 4 heterocycles. The first kappa shape index (κ1) is 24.2. The van der Waals surface area contributed by atoms with Crippen molar-refractivity contribution in [1.82, 2.24) is 35.8 Å². The zero-order valence-electron chi connectivity index (χ0n) is 18.6. The van der Waals surface area contributed by atoms with Crippen LogP contribution in [-0.4, -0.2) is 37.2 Å². The molecule has 4 amide bonds. The average molecular weight is 514 g/mol. The summed E-state index contributed by atoms with van der Waals surface area (Å²) in [5, 5.41) is 19.3. The molecule has 4 rings (SSSR count). The van der Waals surface area contributed by atoms with Crippen LogP contribution in [0.4, 0.5) is 21.2 Å². The molecule has 0 bridgehead atoms. The monoisotopic (exact) mass is 513 g/mol. The highest BCUT2D eigenvalue weighted by molar-refractivity contribution is 6.29. The van der Waals surface area contributed by atoms with Crippen molar-refractivity contribution >= 4 is 57.8 Å². The summed E-state index contributed by atoms with van der Waals surface area (Å²) in [7, 11) is 0. The fourth-order valence-electron chi connectivity index (χ4n) is 3.22. The zero-order chi connectivity index (χ0) is 24.9. The van der Waals surface area contributed by atoms with E-state index in [4.69, 9.17) is 23.2 Å². The van der Waals surface area contributed by atoms with Crippen molar-refractivity contribution in [3.05, 3.63) is 70.4 Å². The Bertz CT molecular complexity index is 1340. The van der Waals surface area contributed by atoms with Gasteiger partial charge in [0.1, 0.15) is 16.1 Å². The number of nitrogens with zero attached hydrogens (tertiary/aromatic N) is 4. The van der Waals surface area contributed by atoms with E-state index in [0.717, 1.165) is 11.1 Å². The predicted molar refractivity (Wildman–Crippen MR) is 134 cm³/mol. The van der Waals surface area contributed by atoms with Crippen LogP contribution in [0.2, 0.25) is 10.3 Å². The SMILES string of the molecule is CC(NC(=O)Nc1cc2[nH]nc(NC(=O)NC(C)c3ccc(Cl)nc3)c2cn1)c1ccc(Cl)nc1. The molecule has 11 nitrogen and oxygen atoms in total. The molecule has 0 saturated carbocycles. The molecular formula is C22H21Cl2N9O2. The minimum absolute atomic E-state index is 0.295. The number of pyridine rings is 3. The summed E-state index contributed by atoms with van der Waals surface area (Å²) in [6.07, 6.45) is 4.70. The summed E-state index contributed by atoms with van der Waals surface area (Å²) in [5.74, 6) is 0.603. The molecule has 0 aromatic carbocycles. The van der Waals surface area contributed by atoms with Crippen molar-refractivity contribution in [2.24, 2.45) is 0 Å². The molecule has 4 aromatic rings. The predicted octanol–water partition coefficient (Wildman–Crippen LogP) is 4.82. The van der Waals surface area contributed by atoms with Gasteiger partial charge in [0.25, 0.3) is 0 Å². The van der Waals surface area contributed by atoms with Crippen molar-refractivity contribution in [2.45, 2.75) is 25.9 Å². The molecule has 35 heavy (non-hydrogen) atoms. The van der Waals surface area contributed by atoms with E-state index in [0.29, 0.717) is 32.8 Å². The number of amides is 4. The van der Waals surface area contributed by atoms with Crippen LogP contribution in [0.25, 0.3) is 10.9 Å². The van der Waals surface area contributed by atoms with Crippen LogP contribution in [0, 0.1) is 0 Å². The van der Waals surface area contributed by atoms with Gasteiger partial charge in [-0.05, 0) is 37.1 Å². The van der Waals surface area contributed by atoms with Gasteiger partial charge in [-0.1, -0.05) is 35.3 Å². The number of nitrogens with one attached hydrogen (secondary N) is 5. The van der Waals surface area contributed by atoms with Gasteiger partial charge in [-0.3, -0.25) is 15.7 Å². The first-order valence-electron chi connectivity index (χ1n) is 10.5. The van der Waals surface area contributed by atoms with Gasteiger partial charge >= 0.3 is 12.1 Å². The first-order chi connectivity index (χ1) is 16.8. The number of urea groups is 2. The van der Waals surface area contributed by atoms with Crippen molar-refractivity contribution < 1.29 is 9.59 Å². The normalized spacial score (nSPS) is 12.6. The lowest BCUT2D eigenvalue weighted by Crippen LogP contribution is -2.31. The van der Waals surface area contributed by atoms with Crippen LogP contribution in [-0.2, 0) is 0 Å². The fourth-order valence-corrected chi connectivity index (χ4v) is 3.44. The number of hydrogen-bond donors (Lipinski definition) is 5. The number of rotatable bonds is 6. The summed E-state index contributed by atoms with van der Waals surface area (Å²) >= 11 is 11.6. The maximum atomic E-state index is 12.4. The Balaban J connectivity index is 1.36. The molecule has 2 atom stereocenters. The van der Waals surface area contributed by atoms with Gasteiger partial charge in [0.2, 0.25) is 0 Å². The van der Waals surface area contributed by atoms with E-state index < -0.39 is 12.1 Å². The van der Waals surface area contributed by atoms with Gasteiger partial charge in [0, 0.05) is 24.7 Å². The van der Waals surface area contributed by atoms with Crippen LogP contribution in [0.15, 0.2) is 48.9 Å². The zero-order valence-corrected chi connectivity index (χ0v) is 20.1. The Hall–Kier alpha value is -3.96. The van der Waals surface area contributed by atoms with Gasteiger partial charge in [0.15, 0.2) is 5.82 Å². The van der Waals surface area contributed by atoms with Gasteiger partial charge in [-0.15, -0.1) is 0 Å². The molecule has 13 heteroatoms. The van der Waals surface area contributed by atoms with E-state index >= 15 is 0 Å². The van der Waals surface area contributed by atoms with Crippen LogP contribution >= 0.6 is 23.2 Å². The Morgan fingerprint density at radius 1 is 0.829 bits per heavy atom. The molecule has 0 fully saturated rings. The standard InChI is InChI=1S/C22H21Cl2N9O2/c1-11(13-3-5-17(23)25-8-13)28-21(34)30-19-7-16-15(10-27-19)20(33-32-16)31-22(35)29-12(2)14-4-6-18(24)26-9-14/h3-12H,1-2H3,(H2,27,28,30,34)(H3,29,31,32,33,35). The Morgan fingerprint density at radius 3 is 1.94 bits per heavy atom. The van der Waals surface area contributed by atoms with Crippen LogP contribution in [0.3, 0.4) is 0 Å². The van der Waals surface area contributed by atoms with E-state index in [1.807, 2.05) is 13.8 Å². The topological polar surface area (TPSA) is 150 Å². The number of halogens is 2. The molecule has 2 unspecified atom stereocenters. The number of carbonyl (C=O) groups is 2.